The van der Waals surface area contributed by atoms with Crippen LogP contribution in [-0.2, 0) is 5.41 Å². The highest BCUT2D eigenvalue weighted by Crippen LogP contribution is 2.58. The van der Waals surface area contributed by atoms with Crippen LogP contribution in [0.3, 0.4) is 0 Å². The average Bonchev–Trinajstić information content (AvgIpc) is 3.89. The molecule has 2 nitrogen and oxygen atoms in total. The third-order valence-electron chi connectivity index (χ3n) is 13.5. The second-order valence-electron chi connectivity index (χ2n) is 16.7. The summed E-state index contributed by atoms with van der Waals surface area (Å²) in [6, 6.07) is 86.6. The lowest BCUT2D eigenvalue weighted by Gasteiger charge is -2.35. The standard InChI is InChI=1S/C61H39NO/c1-4-19-40(20-5-1)61(41-21-6-2-7-22-41)53-32-15-12-25-44(53)45-36-35-43(39-54(45)61)62(42-23-8-3-9-24-42)55-33-16-13-26-46(55)47-30-18-31-49-51-37-38-57-60(52-29-14-17-34-56(52)63-57)59(51)50-28-11-10-27-48(50)58(47)49/h1-39H. The topological polar surface area (TPSA) is 16.4 Å². The Morgan fingerprint density at radius 1 is 0.302 bits per heavy atom. The molecule has 0 fully saturated rings. The fourth-order valence-electron chi connectivity index (χ4n) is 11.0. The monoisotopic (exact) mass is 801 g/mol. The minimum Gasteiger partial charge on any atom is -0.456 e. The lowest BCUT2D eigenvalue weighted by molar-refractivity contribution is 0.669. The zero-order chi connectivity index (χ0) is 41.5. The van der Waals surface area contributed by atoms with Crippen LogP contribution in [0.5, 0.6) is 0 Å². The smallest absolute Gasteiger partial charge is 0.136 e. The van der Waals surface area contributed by atoms with Gasteiger partial charge in [0.25, 0.3) is 0 Å². The Hall–Kier alpha value is -8.20. The Labute approximate surface area is 365 Å². The molecule has 0 radical (unpaired) electrons. The third-order valence-corrected chi connectivity index (χ3v) is 13.5. The molecule has 12 aromatic rings. The minimum absolute atomic E-state index is 0.520. The van der Waals surface area contributed by atoms with E-state index in [2.05, 4.69) is 235 Å². The van der Waals surface area contributed by atoms with Gasteiger partial charge in [0.15, 0.2) is 0 Å². The van der Waals surface area contributed by atoms with E-state index in [1.807, 2.05) is 6.07 Å². The van der Waals surface area contributed by atoms with E-state index < -0.39 is 5.41 Å². The maximum absolute atomic E-state index is 6.44. The number of rotatable bonds is 6. The lowest BCUT2D eigenvalue weighted by atomic mass is 9.67. The molecule has 11 aromatic carbocycles. The van der Waals surface area contributed by atoms with Crippen molar-refractivity contribution < 1.29 is 4.42 Å². The molecular weight excluding hydrogens is 763 g/mol. The van der Waals surface area contributed by atoms with Gasteiger partial charge in [-0.25, -0.2) is 0 Å². The number of para-hydroxylation sites is 3. The zero-order valence-corrected chi connectivity index (χ0v) is 34.4. The number of furan rings is 1. The van der Waals surface area contributed by atoms with E-state index in [0.29, 0.717) is 0 Å². The van der Waals surface area contributed by atoms with E-state index in [9.17, 15) is 0 Å². The molecule has 1 heterocycles. The van der Waals surface area contributed by atoms with Gasteiger partial charge in [0.2, 0.25) is 0 Å². The van der Waals surface area contributed by atoms with Crippen molar-refractivity contribution in [1.29, 1.82) is 0 Å². The second-order valence-corrected chi connectivity index (χ2v) is 16.7. The number of fused-ring (bicyclic) bond motifs is 13. The summed E-state index contributed by atoms with van der Waals surface area (Å²) >= 11 is 0. The Balaban J connectivity index is 1.09. The molecule has 294 valence electrons. The van der Waals surface area contributed by atoms with E-state index in [-0.39, 0.29) is 0 Å². The molecule has 13 rings (SSSR count). The van der Waals surface area contributed by atoms with Gasteiger partial charge in [-0.1, -0.05) is 188 Å². The maximum Gasteiger partial charge on any atom is 0.136 e. The minimum atomic E-state index is -0.520. The van der Waals surface area contributed by atoms with Crippen LogP contribution >= 0.6 is 0 Å². The van der Waals surface area contributed by atoms with Gasteiger partial charge in [0.05, 0.1) is 11.1 Å². The first-order chi connectivity index (χ1) is 31.3. The normalized spacial score (nSPS) is 12.9. The van der Waals surface area contributed by atoms with E-state index >= 15 is 0 Å². The van der Waals surface area contributed by atoms with Crippen molar-refractivity contribution in [2.24, 2.45) is 0 Å². The highest BCUT2D eigenvalue weighted by Gasteiger charge is 2.46. The number of benzene rings is 11. The van der Waals surface area contributed by atoms with Crippen LogP contribution < -0.4 is 4.90 Å². The summed E-state index contributed by atoms with van der Waals surface area (Å²) in [4.78, 5) is 2.46. The van der Waals surface area contributed by atoms with E-state index in [1.165, 1.54) is 76.6 Å². The van der Waals surface area contributed by atoms with Crippen LogP contribution in [0.25, 0.3) is 76.5 Å². The molecule has 1 aliphatic carbocycles. The van der Waals surface area contributed by atoms with Crippen molar-refractivity contribution in [3.63, 3.8) is 0 Å². The molecule has 0 saturated heterocycles. The number of nitrogens with zero attached hydrogens (tertiary/aromatic N) is 1. The third kappa shape index (κ3) is 5.13. The molecule has 1 aliphatic rings. The summed E-state index contributed by atoms with van der Waals surface area (Å²) in [5, 5.41) is 9.67. The van der Waals surface area contributed by atoms with Crippen molar-refractivity contribution in [2.45, 2.75) is 5.41 Å². The van der Waals surface area contributed by atoms with E-state index in [4.69, 9.17) is 4.42 Å². The molecule has 63 heavy (non-hydrogen) atoms. The fraction of sp³-hybridized carbons (Fsp3) is 0.0164. The van der Waals surface area contributed by atoms with Gasteiger partial charge in [0.1, 0.15) is 11.2 Å². The first-order valence-corrected chi connectivity index (χ1v) is 21.8. The fourth-order valence-corrected chi connectivity index (χ4v) is 11.0. The van der Waals surface area contributed by atoms with Gasteiger partial charge in [-0.15, -0.1) is 0 Å². The molecule has 0 atom stereocenters. The van der Waals surface area contributed by atoms with Gasteiger partial charge in [-0.2, -0.15) is 0 Å². The maximum atomic E-state index is 6.44. The predicted molar refractivity (Wildman–Crippen MR) is 264 cm³/mol. The molecule has 0 unspecified atom stereocenters. The van der Waals surface area contributed by atoms with Gasteiger partial charge in [-0.3, -0.25) is 0 Å². The van der Waals surface area contributed by atoms with Crippen LogP contribution in [0.15, 0.2) is 241 Å². The van der Waals surface area contributed by atoms with Crippen LogP contribution in [0.1, 0.15) is 22.3 Å². The zero-order valence-electron chi connectivity index (χ0n) is 34.4. The van der Waals surface area contributed by atoms with Crippen molar-refractivity contribution in [3.8, 4) is 22.3 Å². The lowest BCUT2D eigenvalue weighted by Crippen LogP contribution is -2.28. The molecule has 0 aliphatic heterocycles. The van der Waals surface area contributed by atoms with Gasteiger partial charge >= 0.3 is 0 Å². The quantitative estimate of drug-likeness (QED) is 0.156. The predicted octanol–water partition coefficient (Wildman–Crippen LogP) is 16.5. The summed E-state index contributed by atoms with van der Waals surface area (Å²) in [7, 11) is 0. The Morgan fingerprint density at radius 3 is 1.59 bits per heavy atom. The number of hydrogen-bond acceptors (Lipinski definition) is 2. The summed E-state index contributed by atoms with van der Waals surface area (Å²) in [5.74, 6) is 0. The molecule has 0 saturated carbocycles. The van der Waals surface area contributed by atoms with Crippen molar-refractivity contribution in [3.05, 3.63) is 259 Å². The molecule has 0 amide bonds. The highest BCUT2D eigenvalue weighted by atomic mass is 16.3. The van der Waals surface area contributed by atoms with Crippen LogP contribution in [-0.4, -0.2) is 0 Å². The van der Waals surface area contributed by atoms with Crippen LogP contribution in [0.2, 0.25) is 0 Å². The molecule has 1 aromatic heterocycles. The second kappa shape index (κ2) is 13.9. The van der Waals surface area contributed by atoms with Gasteiger partial charge < -0.3 is 9.32 Å². The molecule has 0 N–H and O–H groups in total. The van der Waals surface area contributed by atoms with Gasteiger partial charge in [-0.05, 0) is 114 Å². The summed E-state index contributed by atoms with van der Waals surface area (Å²) < 4.78 is 6.44. The first kappa shape index (κ1) is 35.5. The van der Waals surface area contributed by atoms with E-state index in [0.717, 1.165) is 39.2 Å². The average molecular weight is 802 g/mol. The number of hydrogen-bond donors (Lipinski definition) is 0. The molecule has 0 spiro atoms. The highest BCUT2D eigenvalue weighted by molar-refractivity contribution is 6.36. The van der Waals surface area contributed by atoms with Crippen LogP contribution in [0, 0.1) is 0 Å². The SMILES string of the molecule is c1ccc(N(c2ccc3c(c2)C(c2ccccc2)(c2ccccc2)c2ccccc2-3)c2ccccc2-c2cccc3c4ccc5oc6ccccc6c5c4c4ccccc4c23)cc1. The van der Waals surface area contributed by atoms with Crippen molar-refractivity contribution in [2.75, 3.05) is 4.90 Å². The first-order valence-electron chi connectivity index (χ1n) is 21.8. The molecule has 2 heteroatoms. The van der Waals surface area contributed by atoms with E-state index in [1.54, 1.807) is 0 Å². The Bertz CT molecular complexity index is 3670. The summed E-state index contributed by atoms with van der Waals surface area (Å²) in [6.45, 7) is 0. The van der Waals surface area contributed by atoms with Crippen LogP contribution in [0.4, 0.5) is 17.1 Å². The number of anilines is 3. The van der Waals surface area contributed by atoms with Crippen molar-refractivity contribution >= 4 is 71.3 Å². The molecule has 0 bridgehead atoms. The Morgan fingerprint density at radius 2 is 0.841 bits per heavy atom. The Kier molecular flexibility index (Phi) is 7.85. The van der Waals surface area contributed by atoms with Gasteiger partial charge in [0, 0.05) is 33.1 Å². The van der Waals surface area contributed by atoms with Crippen molar-refractivity contribution in [1.82, 2.24) is 0 Å². The summed E-state index contributed by atoms with van der Waals surface area (Å²) in [5.41, 5.74) is 14.6. The molecular formula is C61H39NO. The largest absolute Gasteiger partial charge is 0.456 e. The summed E-state index contributed by atoms with van der Waals surface area (Å²) in [6.07, 6.45) is 0.